The number of fused-ring (bicyclic) bond motifs is 1. The van der Waals surface area contributed by atoms with Crippen molar-refractivity contribution >= 4 is 12.2 Å². The van der Waals surface area contributed by atoms with Gasteiger partial charge in [0.15, 0.2) is 0 Å². The van der Waals surface area contributed by atoms with Gasteiger partial charge >= 0.3 is 12.2 Å². The molecule has 0 aromatic heterocycles. The average molecular weight is 542 g/mol. The third-order valence-corrected chi connectivity index (χ3v) is 7.61. The number of piperazine rings is 1. The summed E-state index contributed by atoms with van der Waals surface area (Å²) in [6.07, 6.45) is 0.0135. The number of hydrogen-bond acceptors (Lipinski definition) is 5. The number of nitrogens with zero attached hydrogens (tertiary/aromatic N) is 2. The van der Waals surface area contributed by atoms with Crippen molar-refractivity contribution in [2.24, 2.45) is 0 Å². The van der Waals surface area contributed by atoms with E-state index in [9.17, 15) is 9.59 Å². The number of hydrogen-bond donors (Lipinski definition) is 1. The molecule has 0 spiro atoms. The zero-order valence-corrected chi connectivity index (χ0v) is 23.5. The smallest absolute Gasteiger partial charge is 0.410 e. The molecule has 0 radical (unpaired) electrons. The predicted molar refractivity (Wildman–Crippen MR) is 155 cm³/mol. The lowest BCUT2D eigenvalue weighted by molar-refractivity contribution is -0.00665. The Morgan fingerprint density at radius 1 is 0.850 bits per heavy atom. The van der Waals surface area contributed by atoms with E-state index in [1.54, 1.807) is 0 Å². The van der Waals surface area contributed by atoms with Gasteiger partial charge in [0.1, 0.15) is 12.2 Å². The highest BCUT2D eigenvalue weighted by Gasteiger charge is 2.47. The van der Waals surface area contributed by atoms with Gasteiger partial charge in [-0.25, -0.2) is 9.59 Å². The van der Waals surface area contributed by atoms with E-state index in [1.165, 1.54) is 11.1 Å². The van der Waals surface area contributed by atoms with Crippen molar-refractivity contribution in [1.82, 2.24) is 15.1 Å². The number of nitrogens with one attached hydrogen (secondary N) is 1. The van der Waals surface area contributed by atoms with Crippen molar-refractivity contribution in [3.63, 3.8) is 0 Å². The van der Waals surface area contributed by atoms with Crippen LogP contribution in [0.1, 0.15) is 49.8 Å². The summed E-state index contributed by atoms with van der Waals surface area (Å²) in [4.78, 5) is 30.4. The van der Waals surface area contributed by atoms with Gasteiger partial charge in [0.2, 0.25) is 0 Å². The van der Waals surface area contributed by atoms with Crippen LogP contribution in [0.25, 0.3) is 0 Å². The minimum atomic E-state index is -0.579. The zero-order valence-electron chi connectivity index (χ0n) is 23.5. The van der Waals surface area contributed by atoms with Crippen molar-refractivity contribution in [1.29, 1.82) is 0 Å². The lowest BCUT2D eigenvalue weighted by Gasteiger charge is -2.47. The van der Waals surface area contributed by atoms with Gasteiger partial charge in [0, 0.05) is 43.7 Å². The highest BCUT2D eigenvalue weighted by atomic mass is 16.6. The van der Waals surface area contributed by atoms with E-state index in [0.29, 0.717) is 19.6 Å². The molecule has 2 aliphatic heterocycles. The van der Waals surface area contributed by atoms with Crippen LogP contribution in [0.5, 0.6) is 0 Å². The summed E-state index contributed by atoms with van der Waals surface area (Å²) < 4.78 is 11.3. The first kappa shape index (κ1) is 27.7. The van der Waals surface area contributed by atoms with Crippen LogP contribution in [0, 0.1) is 0 Å². The van der Waals surface area contributed by atoms with E-state index in [-0.39, 0.29) is 36.7 Å². The Bertz CT molecular complexity index is 1220. The number of ether oxygens (including phenoxy) is 2. The van der Waals surface area contributed by atoms with Crippen LogP contribution in [-0.4, -0.2) is 65.3 Å². The minimum absolute atomic E-state index is 0.00297. The fourth-order valence-corrected chi connectivity index (χ4v) is 5.95. The number of benzene rings is 3. The number of carbonyl (C=O) groups excluding carboxylic acids is 2. The van der Waals surface area contributed by atoms with Crippen molar-refractivity contribution in [2.75, 3.05) is 19.6 Å². The van der Waals surface area contributed by atoms with Gasteiger partial charge in [-0.1, -0.05) is 91.0 Å². The Kier molecular flexibility index (Phi) is 8.40. The van der Waals surface area contributed by atoms with Crippen LogP contribution in [0.3, 0.4) is 0 Å². The van der Waals surface area contributed by atoms with Crippen LogP contribution in [-0.2, 0) is 16.1 Å². The molecule has 7 nitrogen and oxygen atoms in total. The second kappa shape index (κ2) is 12.1. The largest absolute Gasteiger partial charge is 0.445 e. The summed E-state index contributed by atoms with van der Waals surface area (Å²) in [5, 5.41) is 3.09. The van der Waals surface area contributed by atoms with Crippen LogP contribution < -0.4 is 5.32 Å². The lowest BCUT2D eigenvalue weighted by Crippen LogP contribution is -2.60. The normalized spacial score (nSPS) is 21.1. The van der Waals surface area contributed by atoms with Crippen LogP contribution in [0.4, 0.5) is 9.59 Å². The minimum Gasteiger partial charge on any atom is -0.445 e. The molecule has 2 fully saturated rings. The third-order valence-electron chi connectivity index (χ3n) is 7.61. The predicted octanol–water partition coefficient (Wildman–Crippen LogP) is 5.81. The molecule has 0 aliphatic carbocycles. The first-order valence-corrected chi connectivity index (χ1v) is 14.1. The van der Waals surface area contributed by atoms with E-state index in [2.05, 4.69) is 58.7 Å². The summed E-state index contributed by atoms with van der Waals surface area (Å²) in [6, 6.07) is 30.6. The molecule has 2 saturated heterocycles. The van der Waals surface area contributed by atoms with Crippen molar-refractivity contribution in [3.05, 3.63) is 108 Å². The van der Waals surface area contributed by atoms with Gasteiger partial charge in [-0.15, -0.1) is 0 Å². The summed E-state index contributed by atoms with van der Waals surface area (Å²) in [7, 11) is 0. The Balaban J connectivity index is 1.38. The topological polar surface area (TPSA) is 71.1 Å². The molecule has 3 aromatic carbocycles. The molecule has 0 saturated carbocycles. The van der Waals surface area contributed by atoms with Gasteiger partial charge in [-0.05, 0) is 43.9 Å². The molecule has 5 rings (SSSR count). The molecule has 0 bridgehead atoms. The fourth-order valence-electron chi connectivity index (χ4n) is 5.95. The van der Waals surface area contributed by atoms with E-state index in [4.69, 9.17) is 9.47 Å². The molecular weight excluding hydrogens is 502 g/mol. The summed E-state index contributed by atoms with van der Waals surface area (Å²) in [5.74, 6) is 0.0407. The monoisotopic (exact) mass is 541 g/mol. The molecule has 2 aliphatic rings. The quantitative estimate of drug-likeness (QED) is 0.427. The maximum Gasteiger partial charge on any atom is 0.410 e. The van der Waals surface area contributed by atoms with E-state index >= 15 is 0 Å². The highest BCUT2D eigenvalue weighted by Crippen LogP contribution is 2.38. The maximum absolute atomic E-state index is 13.3. The van der Waals surface area contributed by atoms with Crippen molar-refractivity contribution < 1.29 is 19.1 Å². The molecule has 0 unspecified atom stereocenters. The van der Waals surface area contributed by atoms with Gasteiger partial charge < -0.3 is 19.7 Å². The number of alkyl carbamates (subject to hydrolysis) is 1. The molecular formula is C33H39N3O4. The summed E-state index contributed by atoms with van der Waals surface area (Å²) in [6.45, 7) is 7.69. The number of carbonyl (C=O) groups is 2. The molecule has 40 heavy (non-hydrogen) atoms. The second-order valence-corrected chi connectivity index (χ2v) is 11.7. The highest BCUT2D eigenvalue weighted by molar-refractivity contribution is 5.69. The van der Waals surface area contributed by atoms with Gasteiger partial charge in [0.05, 0.1) is 0 Å². The average Bonchev–Trinajstić information content (AvgIpc) is 3.35. The first-order valence-electron chi connectivity index (χ1n) is 14.1. The molecule has 2 amide bonds. The van der Waals surface area contributed by atoms with Gasteiger partial charge in [-0.2, -0.15) is 0 Å². The van der Waals surface area contributed by atoms with Crippen LogP contribution >= 0.6 is 0 Å². The fraction of sp³-hybridized carbons (Fsp3) is 0.394. The molecule has 2 heterocycles. The molecule has 7 heteroatoms. The van der Waals surface area contributed by atoms with Crippen LogP contribution in [0.2, 0.25) is 0 Å². The summed E-state index contributed by atoms with van der Waals surface area (Å²) in [5.41, 5.74) is 2.76. The van der Waals surface area contributed by atoms with E-state index in [1.807, 2.05) is 68.1 Å². The first-order chi connectivity index (χ1) is 19.3. The number of amides is 2. The Labute approximate surface area is 237 Å². The Hall–Kier alpha value is -3.84. The molecule has 210 valence electrons. The van der Waals surface area contributed by atoms with Crippen molar-refractivity contribution in [2.45, 2.75) is 63.4 Å². The Morgan fingerprint density at radius 2 is 1.43 bits per heavy atom. The Morgan fingerprint density at radius 3 is 2.00 bits per heavy atom. The zero-order chi connectivity index (χ0) is 28.1. The SMILES string of the molecule is CC(C)(C)OC(=O)N1C[C@@H]2C[C@H](NC(=O)OCc3ccccc3)CN2[C@H](C(c2ccccc2)c2ccccc2)C1. The van der Waals surface area contributed by atoms with Crippen LogP contribution in [0.15, 0.2) is 91.0 Å². The van der Waals surface area contributed by atoms with E-state index < -0.39 is 11.7 Å². The standard InChI is InChI=1S/C33H39N3O4/c1-33(2,3)40-32(38)35-21-28-19-27(34-31(37)39-23-24-13-7-4-8-14-24)20-36(28)29(22-35)30(25-15-9-5-10-16-25)26-17-11-6-12-18-26/h4-18,27-30H,19-23H2,1-3H3,(H,34,37)/t27-,28-,29-/m0/s1. The second-order valence-electron chi connectivity index (χ2n) is 11.7. The molecule has 3 atom stereocenters. The third kappa shape index (κ3) is 6.83. The van der Waals surface area contributed by atoms with Gasteiger partial charge in [0.25, 0.3) is 0 Å². The van der Waals surface area contributed by atoms with E-state index in [0.717, 1.165) is 12.0 Å². The maximum atomic E-state index is 13.3. The van der Waals surface area contributed by atoms with Crippen molar-refractivity contribution in [3.8, 4) is 0 Å². The molecule has 1 N–H and O–H groups in total. The lowest BCUT2D eigenvalue weighted by atomic mass is 9.82. The molecule has 3 aromatic rings. The summed E-state index contributed by atoms with van der Waals surface area (Å²) >= 11 is 0. The number of rotatable bonds is 6. The van der Waals surface area contributed by atoms with Gasteiger partial charge in [-0.3, -0.25) is 4.90 Å².